The van der Waals surface area contributed by atoms with E-state index in [1.165, 1.54) is 39.8 Å². The zero-order valence-electron chi connectivity index (χ0n) is 38.9. The van der Waals surface area contributed by atoms with Crippen molar-refractivity contribution in [3.8, 4) is 22.6 Å². The van der Waals surface area contributed by atoms with E-state index < -0.39 is 5.41 Å². The van der Waals surface area contributed by atoms with E-state index in [0.717, 1.165) is 49.9 Å². The quantitative estimate of drug-likeness (QED) is 0.186. The van der Waals surface area contributed by atoms with Crippen molar-refractivity contribution in [1.29, 1.82) is 0 Å². The fourth-order valence-corrected chi connectivity index (χ4v) is 12.5. The lowest BCUT2D eigenvalue weighted by Crippen LogP contribution is -2.57. The van der Waals surface area contributed by atoms with Crippen LogP contribution in [0.15, 0.2) is 103 Å². The zero-order chi connectivity index (χ0) is 42.2. The molecular weight excluding hydrogens is 643 g/mol. The Bertz CT molecular complexity index is 2700. The number of ether oxygens (including phenoxy) is 1. The van der Waals surface area contributed by atoms with Crippen LogP contribution < -0.4 is 9.64 Å². The van der Waals surface area contributed by atoms with Crippen LogP contribution in [0.5, 0.6) is 11.5 Å². The summed E-state index contributed by atoms with van der Waals surface area (Å²) in [6.07, 6.45) is 6.89. The lowest BCUT2D eigenvalue weighted by atomic mass is 9.42. The van der Waals surface area contributed by atoms with E-state index >= 15 is 0 Å². The molecule has 5 aromatic rings. The van der Waals surface area contributed by atoms with Gasteiger partial charge in [0.15, 0.2) is 0 Å². The highest BCUT2D eigenvalue weighted by Crippen LogP contribution is 2.69. The van der Waals surface area contributed by atoms with E-state index in [4.69, 9.17) is 8.85 Å². The monoisotopic (exact) mass is 702 g/mol. The van der Waals surface area contributed by atoms with Crippen LogP contribution in [0.4, 0.5) is 17.1 Å². The van der Waals surface area contributed by atoms with E-state index in [0.29, 0.717) is 28.7 Å². The van der Waals surface area contributed by atoms with Gasteiger partial charge in [-0.3, -0.25) is 0 Å². The summed E-state index contributed by atoms with van der Waals surface area (Å²) < 4.78 is 73.3. The normalized spacial score (nSPS) is 30.2. The van der Waals surface area contributed by atoms with Crippen LogP contribution in [0.25, 0.3) is 11.1 Å². The second-order valence-electron chi connectivity index (χ2n) is 19.1. The van der Waals surface area contributed by atoms with Gasteiger partial charge >= 0.3 is 0 Å². The molecule has 0 atom stereocenters. The molecule has 0 saturated heterocycles. The molecule has 2 heteroatoms. The molecule has 0 radical (unpaired) electrons. The molecule has 0 amide bonds. The molecule has 0 aromatic heterocycles. The van der Waals surface area contributed by atoms with Crippen molar-refractivity contribution in [3.05, 3.63) is 136 Å². The summed E-state index contributed by atoms with van der Waals surface area (Å²) in [5, 5.41) is 0. The Balaban J connectivity index is 1.22. The minimum atomic E-state index is -0.961. The molecule has 7 aliphatic rings. The Morgan fingerprint density at radius 3 is 1.94 bits per heavy atom. The van der Waals surface area contributed by atoms with Crippen LogP contribution in [0.3, 0.4) is 0 Å². The van der Waals surface area contributed by atoms with Crippen LogP contribution >= 0.6 is 0 Å². The second-order valence-corrected chi connectivity index (χ2v) is 19.1. The first-order chi connectivity index (χ1) is 28.4. The Kier molecular flexibility index (Phi) is 5.17. The van der Waals surface area contributed by atoms with Gasteiger partial charge in [-0.25, -0.2) is 0 Å². The van der Waals surface area contributed by atoms with Crippen molar-refractivity contribution < 1.29 is 14.3 Å². The lowest BCUT2D eigenvalue weighted by Gasteiger charge is -2.63. The molecule has 4 fully saturated rings. The molecule has 53 heavy (non-hydrogen) atoms. The van der Waals surface area contributed by atoms with Crippen LogP contribution in [0, 0.1) is 23.7 Å². The predicted molar refractivity (Wildman–Crippen MR) is 218 cm³/mol. The maximum Gasteiger partial charge on any atom is 0.131 e. The number of rotatable bonds is 3. The molecule has 1 spiro atoms. The van der Waals surface area contributed by atoms with Gasteiger partial charge in [-0.2, -0.15) is 0 Å². The maximum absolute atomic E-state index is 10.6. The van der Waals surface area contributed by atoms with Gasteiger partial charge in [0.25, 0.3) is 0 Å². The largest absolute Gasteiger partial charge is 0.457 e. The van der Waals surface area contributed by atoms with Crippen LogP contribution in [-0.2, 0) is 21.7 Å². The van der Waals surface area contributed by atoms with Crippen LogP contribution in [0.2, 0.25) is 0 Å². The van der Waals surface area contributed by atoms with E-state index in [-0.39, 0.29) is 81.9 Å². The van der Waals surface area contributed by atoms with Crippen molar-refractivity contribution in [2.45, 2.75) is 108 Å². The van der Waals surface area contributed by atoms with Crippen molar-refractivity contribution in [1.82, 2.24) is 0 Å². The Labute approximate surface area is 326 Å². The molecule has 4 bridgehead atoms. The highest BCUT2D eigenvalue weighted by molar-refractivity contribution is 5.86. The molecule has 4 saturated carbocycles. The number of fused-ring (bicyclic) bond motifs is 6. The van der Waals surface area contributed by atoms with E-state index in [2.05, 4.69) is 107 Å². The maximum atomic E-state index is 10.6. The summed E-state index contributed by atoms with van der Waals surface area (Å²) in [7, 11) is 0. The molecule has 0 unspecified atom stereocenters. The van der Waals surface area contributed by atoms with Crippen molar-refractivity contribution in [2.75, 3.05) is 4.90 Å². The molecule has 6 aliphatic carbocycles. The van der Waals surface area contributed by atoms with Crippen LogP contribution in [0.1, 0.15) is 129 Å². The number of anilines is 3. The summed E-state index contributed by atoms with van der Waals surface area (Å²) in [5.41, 5.74) is 8.90. The first-order valence-electron chi connectivity index (χ1n) is 23.5. The standard InChI is InChI=1S/C51H53NO/c1-48(2)21-22-49(3,4)44-29-36(16-19-41(44)48)52(35-15-18-39-38-11-7-8-12-40(38)50(5,6)43(39)28-35)37-17-20-47-45(30-37)51(42-13-9-10-14-46(42)53-47)33-24-31-23-32(26-33)27-34(51)25-31/h7-20,28-34H,21-27H2,1-6H3/i9D,10D,13D,14D,17D,20D,30D. The first kappa shape index (κ1) is 25.7. The molecule has 2 nitrogen and oxygen atoms in total. The van der Waals surface area contributed by atoms with Crippen LogP contribution in [-0.4, -0.2) is 0 Å². The molecule has 5 aromatic carbocycles. The number of hydrogen-bond acceptors (Lipinski definition) is 2. The van der Waals surface area contributed by atoms with Crippen molar-refractivity contribution in [2.24, 2.45) is 23.7 Å². The fourth-order valence-electron chi connectivity index (χ4n) is 12.5. The summed E-state index contributed by atoms with van der Waals surface area (Å²) >= 11 is 0. The smallest absolute Gasteiger partial charge is 0.131 e. The topological polar surface area (TPSA) is 12.5 Å². The Morgan fingerprint density at radius 2 is 1.19 bits per heavy atom. The van der Waals surface area contributed by atoms with Gasteiger partial charge in [0, 0.05) is 39.0 Å². The molecule has 1 heterocycles. The van der Waals surface area contributed by atoms with E-state index in [9.17, 15) is 5.48 Å². The van der Waals surface area contributed by atoms with Crippen molar-refractivity contribution >= 4 is 17.1 Å². The average molecular weight is 703 g/mol. The van der Waals surface area contributed by atoms with Gasteiger partial charge in [-0.15, -0.1) is 0 Å². The number of hydrogen-bond donors (Lipinski definition) is 0. The Hall–Kier alpha value is -4.30. The van der Waals surface area contributed by atoms with Crippen molar-refractivity contribution in [3.63, 3.8) is 0 Å². The second kappa shape index (κ2) is 10.7. The molecule has 12 rings (SSSR count). The minimum absolute atomic E-state index is 0.0158. The van der Waals surface area contributed by atoms with Gasteiger partial charge < -0.3 is 9.64 Å². The van der Waals surface area contributed by atoms with Gasteiger partial charge in [-0.1, -0.05) is 96.1 Å². The van der Waals surface area contributed by atoms with Gasteiger partial charge in [0.2, 0.25) is 0 Å². The third-order valence-corrected chi connectivity index (χ3v) is 15.0. The Morgan fingerprint density at radius 1 is 0.566 bits per heavy atom. The average Bonchev–Trinajstić information content (AvgIpc) is 3.45. The highest BCUT2D eigenvalue weighted by Gasteiger charge is 2.61. The molecular formula is C51H53NO. The fraction of sp³-hybridized carbons (Fsp3) is 0.412. The van der Waals surface area contributed by atoms with E-state index in [1.807, 2.05) is 0 Å². The summed E-state index contributed by atoms with van der Waals surface area (Å²) in [4.78, 5) is 2.06. The third kappa shape index (κ3) is 4.33. The number of para-hydroxylation sites is 1. The first-order valence-corrected chi connectivity index (χ1v) is 20.0. The third-order valence-electron chi connectivity index (χ3n) is 15.0. The molecule has 0 N–H and O–H groups in total. The summed E-state index contributed by atoms with van der Waals surface area (Å²) in [6, 6.07) is 20.5. The van der Waals surface area contributed by atoms with Gasteiger partial charge in [-0.05, 0) is 161 Å². The predicted octanol–water partition coefficient (Wildman–Crippen LogP) is 13.7. The zero-order valence-corrected chi connectivity index (χ0v) is 31.9. The highest BCUT2D eigenvalue weighted by atomic mass is 16.5. The molecule has 1 aliphatic heterocycles. The SMILES string of the molecule is [2H]c1c([2H])c([2H])c2c(c1[2H])Oc1c([2H])c([2H])c(N(c3ccc4c(c3)C(C)(C)CCC4(C)C)c3ccc4c(c3)C(C)(C)c3ccccc3-4)c([2H])c1C21C2CC3CC(C2)CC1C3. The lowest BCUT2D eigenvalue weighted by molar-refractivity contribution is -0.0452. The summed E-state index contributed by atoms with van der Waals surface area (Å²) in [5.74, 6) is 1.27. The molecule has 268 valence electrons. The van der Waals surface area contributed by atoms with Gasteiger partial charge in [0.1, 0.15) is 11.5 Å². The number of benzene rings is 5. The number of nitrogens with zero attached hydrogens (tertiary/aromatic N) is 1. The van der Waals surface area contributed by atoms with Gasteiger partial charge in [0.05, 0.1) is 9.60 Å². The summed E-state index contributed by atoms with van der Waals surface area (Å²) in [6.45, 7) is 13.8. The minimum Gasteiger partial charge on any atom is -0.457 e. The van der Waals surface area contributed by atoms with E-state index in [1.54, 1.807) is 0 Å².